The number of fused-ring (bicyclic) bond motifs is 5. The molecule has 0 atom stereocenters. The molecule has 0 radical (unpaired) electrons. The van der Waals surface area contributed by atoms with Crippen LogP contribution >= 0.6 is 0 Å². The number of hydrogen-bond acceptors (Lipinski definition) is 3. The van der Waals surface area contributed by atoms with E-state index in [-0.39, 0.29) is 5.41 Å². The van der Waals surface area contributed by atoms with Gasteiger partial charge in [0, 0.05) is 56.3 Å². The van der Waals surface area contributed by atoms with Gasteiger partial charge in [-0.3, -0.25) is 0 Å². The maximum Gasteiger partial charge on any atom is 0.137 e. The van der Waals surface area contributed by atoms with Crippen molar-refractivity contribution in [1.29, 1.82) is 0 Å². The molecule has 2 aliphatic rings. The molecule has 9 aromatic carbocycles. The maximum absolute atomic E-state index is 6.94. The Balaban J connectivity index is 1.04. The molecule has 1 aliphatic carbocycles. The standard InChI is InChI=1S/C55H40N2O/c1-55(2)49-24-13-12-21-44(49)45-31-29-42(35-50(45)55)56(41-27-25-38(26-28-41)37-15-6-3-7-16-37)43-30-32-46-47-22-14-23-48-51(33-34-52(54(47)48)58-53(46)36-43)57(39-17-8-4-9-18-39)40-19-10-5-11-20-40/h3-36H,1-2H3. The zero-order valence-electron chi connectivity index (χ0n) is 32.4. The second-order valence-electron chi connectivity index (χ2n) is 15.7. The van der Waals surface area contributed by atoms with Crippen LogP contribution in [0.4, 0.5) is 34.1 Å². The molecule has 0 saturated heterocycles. The quantitative estimate of drug-likeness (QED) is 0.162. The van der Waals surface area contributed by atoms with Crippen molar-refractivity contribution in [2.75, 3.05) is 9.80 Å². The Bertz CT molecular complexity index is 2950. The monoisotopic (exact) mass is 744 g/mol. The fourth-order valence-electron chi connectivity index (χ4n) is 9.23. The molecule has 0 unspecified atom stereocenters. The highest BCUT2D eigenvalue weighted by Gasteiger charge is 2.36. The molecule has 3 heteroatoms. The van der Waals surface area contributed by atoms with E-state index >= 15 is 0 Å². The molecule has 0 fully saturated rings. The van der Waals surface area contributed by atoms with Gasteiger partial charge in [-0.1, -0.05) is 141 Å². The van der Waals surface area contributed by atoms with E-state index in [1.807, 2.05) is 0 Å². The van der Waals surface area contributed by atoms with Gasteiger partial charge in [0.25, 0.3) is 0 Å². The van der Waals surface area contributed by atoms with Gasteiger partial charge in [-0.05, 0) is 112 Å². The van der Waals surface area contributed by atoms with Gasteiger partial charge in [0.2, 0.25) is 0 Å². The van der Waals surface area contributed by atoms with Crippen molar-refractivity contribution in [2.45, 2.75) is 19.3 Å². The van der Waals surface area contributed by atoms with Gasteiger partial charge in [-0.2, -0.15) is 0 Å². The summed E-state index contributed by atoms with van der Waals surface area (Å²) >= 11 is 0. The van der Waals surface area contributed by atoms with Crippen molar-refractivity contribution in [3.05, 3.63) is 217 Å². The van der Waals surface area contributed by atoms with E-state index in [1.54, 1.807) is 0 Å². The summed E-state index contributed by atoms with van der Waals surface area (Å²) in [5, 5.41) is 2.25. The van der Waals surface area contributed by atoms with Crippen LogP contribution in [-0.4, -0.2) is 0 Å². The van der Waals surface area contributed by atoms with Crippen molar-refractivity contribution in [3.63, 3.8) is 0 Å². The van der Waals surface area contributed by atoms with Crippen LogP contribution in [-0.2, 0) is 5.41 Å². The van der Waals surface area contributed by atoms with Gasteiger partial charge in [-0.25, -0.2) is 0 Å². The third-order valence-corrected chi connectivity index (χ3v) is 12.0. The summed E-state index contributed by atoms with van der Waals surface area (Å²) in [7, 11) is 0. The van der Waals surface area contributed by atoms with E-state index in [0.717, 1.165) is 62.0 Å². The van der Waals surface area contributed by atoms with Crippen molar-refractivity contribution in [3.8, 4) is 44.9 Å². The van der Waals surface area contributed by atoms with Crippen molar-refractivity contribution in [1.82, 2.24) is 0 Å². The lowest BCUT2D eigenvalue weighted by molar-refractivity contribution is 0.487. The average Bonchev–Trinajstić information content (AvgIpc) is 3.51. The first-order valence-corrected chi connectivity index (χ1v) is 20.0. The molecule has 58 heavy (non-hydrogen) atoms. The third-order valence-electron chi connectivity index (χ3n) is 12.0. The Hall–Kier alpha value is -7.36. The molecule has 0 aromatic heterocycles. The van der Waals surface area contributed by atoms with E-state index < -0.39 is 0 Å². The molecule has 1 aliphatic heterocycles. The van der Waals surface area contributed by atoms with Crippen LogP contribution in [0.1, 0.15) is 25.0 Å². The molecule has 0 N–H and O–H groups in total. The summed E-state index contributed by atoms with van der Waals surface area (Å²) in [6.45, 7) is 4.69. The van der Waals surface area contributed by atoms with Gasteiger partial charge in [0.05, 0.1) is 5.69 Å². The van der Waals surface area contributed by atoms with Crippen LogP contribution in [0.15, 0.2) is 206 Å². The second kappa shape index (κ2) is 13.4. The molecule has 0 spiro atoms. The lowest BCUT2D eigenvalue weighted by Gasteiger charge is -2.31. The fraction of sp³-hybridized carbons (Fsp3) is 0.0545. The molecular weight excluding hydrogens is 705 g/mol. The van der Waals surface area contributed by atoms with E-state index in [0.29, 0.717) is 0 Å². The highest BCUT2D eigenvalue weighted by atomic mass is 16.5. The first kappa shape index (κ1) is 33.9. The van der Waals surface area contributed by atoms with E-state index in [9.17, 15) is 0 Å². The van der Waals surface area contributed by atoms with Gasteiger partial charge < -0.3 is 14.5 Å². The Labute approximate surface area is 339 Å². The second-order valence-corrected chi connectivity index (χ2v) is 15.7. The van der Waals surface area contributed by atoms with Gasteiger partial charge in [-0.15, -0.1) is 0 Å². The SMILES string of the molecule is CC1(C)c2ccccc2-c2ccc(N(c3ccc(-c4ccccc4)cc3)c3ccc4c(c3)Oc3ccc(N(c5ccccc5)c5ccccc5)c5cccc-4c35)cc21. The van der Waals surface area contributed by atoms with Crippen LogP contribution in [0, 0.1) is 0 Å². The third kappa shape index (κ3) is 5.43. The van der Waals surface area contributed by atoms with Crippen LogP contribution in [0.25, 0.3) is 44.2 Å². The fourth-order valence-corrected chi connectivity index (χ4v) is 9.23. The van der Waals surface area contributed by atoms with Crippen LogP contribution in [0.5, 0.6) is 11.5 Å². The molecule has 276 valence electrons. The first-order chi connectivity index (χ1) is 28.5. The number of hydrogen-bond donors (Lipinski definition) is 0. The number of anilines is 6. The minimum Gasteiger partial charge on any atom is -0.456 e. The smallest absolute Gasteiger partial charge is 0.137 e. The number of nitrogens with zero attached hydrogens (tertiary/aromatic N) is 2. The lowest BCUT2D eigenvalue weighted by Crippen LogP contribution is -2.16. The Morgan fingerprint density at radius 2 is 0.914 bits per heavy atom. The summed E-state index contributed by atoms with van der Waals surface area (Å²) in [5.74, 6) is 1.70. The summed E-state index contributed by atoms with van der Waals surface area (Å²) in [4.78, 5) is 4.70. The summed E-state index contributed by atoms with van der Waals surface area (Å²) in [6, 6.07) is 74.1. The van der Waals surface area contributed by atoms with Crippen molar-refractivity contribution < 1.29 is 4.74 Å². The first-order valence-electron chi connectivity index (χ1n) is 20.0. The van der Waals surface area contributed by atoms with Crippen molar-refractivity contribution >= 4 is 44.9 Å². The van der Waals surface area contributed by atoms with Crippen LogP contribution in [0.3, 0.4) is 0 Å². The normalized spacial score (nSPS) is 12.9. The van der Waals surface area contributed by atoms with Gasteiger partial charge in [0.1, 0.15) is 11.5 Å². The molecule has 0 amide bonds. The minimum atomic E-state index is -0.123. The molecule has 3 nitrogen and oxygen atoms in total. The molecule has 11 rings (SSSR count). The van der Waals surface area contributed by atoms with Crippen LogP contribution in [0.2, 0.25) is 0 Å². The topological polar surface area (TPSA) is 15.7 Å². The molecule has 0 saturated carbocycles. The number of ether oxygens (including phenoxy) is 1. The Morgan fingerprint density at radius 3 is 1.64 bits per heavy atom. The Morgan fingerprint density at radius 1 is 0.362 bits per heavy atom. The molecule has 0 bridgehead atoms. The Kier molecular flexibility index (Phi) is 7.84. The van der Waals surface area contributed by atoms with Crippen LogP contribution < -0.4 is 14.5 Å². The van der Waals surface area contributed by atoms with E-state index in [2.05, 4.69) is 230 Å². The van der Waals surface area contributed by atoms with E-state index in [4.69, 9.17) is 4.74 Å². The van der Waals surface area contributed by atoms with Gasteiger partial charge in [0.15, 0.2) is 0 Å². The lowest BCUT2D eigenvalue weighted by atomic mass is 9.82. The molecule has 1 heterocycles. The largest absolute Gasteiger partial charge is 0.456 e. The predicted molar refractivity (Wildman–Crippen MR) is 242 cm³/mol. The molecular formula is C55H40N2O. The number of rotatable bonds is 7. The number of benzene rings is 9. The zero-order valence-corrected chi connectivity index (χ0v) is 32.4. The average molecular weight is 745 g/mol. The molecule has 9 aromatic rings. The van der Waals surface area contributed by atoms with Gasteiger partial charge >= 0.3 is 0 Å². The number of para-hydroxylation sites is 2. The maximum atomic E-state index is 6.94. The zero-order chi connectivity index (χ0) is 38.8. The van der Waals surface area contributed by atoms with Crippen molar-refractivity contribution in [2.24, 2.45) is 0 Å². The summed E-state index contributed by atoms with van der Waals surface area (Å²) in [6.07, 6.45) is 0. The summed E-state index contributed by atoms with van der Waals surface area (Å²) < 4.78 is 6.94. The summed E-state index contributed by atoms with van der Waals surface area (Å²) in [5.41, 5.74) is 16.4. The highest BCUT2D eigenvalue weighted by Crippen LogP contribution is 2.54. The predicted octanol–water partition coefficient (Wildman–Crippen LogP) is 15.5. The van der Waals surface area contributed by atoms with E-state index in [1.165, 1.54) is 38.9 Å². The minimum absolute atomic E-state index is 0.123. The highest BCUT2D eigenvalue weighted by molar-refractivity contribution is 6.11.